The highest BCUT2D eigenvalue weighted by Crippen LogP contribution is 2.32. The highest BCUT2D eigenvalue weighted by molar-refractivity contribution is 6.63. The van der Waals surface area contributed by atoms with Gasteiger partial charge in [0.05, 0.1) is 5.69 Å². The number of pyridine rings is 1. The van der Waals surface area contributed by atoms with Crippen LogP contribution < -0.4 is 0 Å². The van der Waals surface area contributed by atoms with Crippen LogP contribution in [0.3, 0.4) is 0 Å². The molecule has 5 heteroatoms. The number of fused-ring (bicyclic) bond motifs is 3. The first kappa shape index (κ1) is 25.6. The van der Waals surface area contributed by atoms with Crippen molar-refractivity contribution in [3.63, 3.8) is 0 Å². The van der Waals surface area contributed by atoms with E-state index in [-0.39, 0.29) is 0 Å². The van der Waals surface area contributed by atoms with Crippen LogP contribution in [0.4, 0.5) is 0 Å². The number of halogens is 3. The fourth-order valence-corrected chi connectivity index (χ4v) is 4.84. The van der Waals surface area contributed by atoms with Crippen molar-refractivity contribution in [2.45, 2.75) is 37.0 Å². The van der Waals surface area contributed by atoms with Crippen LogP contribution in [0.5, 0.6) is 0 Å². The summed E-state index contributed by atoms with van der Waals surface area (Å²) >= 11 is 14.4. The normalized spacial score (nSPS) is 13.0. The molecule has 2 nitrogen and oxygen atoms in total. The molecule has 2 heterocycles. The minimum atomic E-state index is -0.750. The minimum absolute atomic E-state index is 0.515. The molecule has 0 fully saturated rings. The highest BCUT2D eigenvalue weighted by atomic mass is 35.6. The molecule has 0 amide bonds. The third-order valence-corrected chi connectivity index (χ3v) is 6.37. The predicted molar refractivity (Wildman–Crippen MR) is 153 cm³/mol. The molecule has 0 aliphatic heterocycles. The molecule has 180 valence electrons. The number of para-hydroxylation sites is 2. The number of alkyl halides is 3. The Bertz CT molecular complexity index is 1310. The first-order valence-electron chi connectivity index (χ1n) is 11.8. The Morgan fingerprint density at radius 1 is 0.714 bits per heavy atom. The van der Waals surface area contributed by atoms with Gasteiger partial charge in [0, 0.05) is 40.1 Å². The summed E-state index contributed by atoms with van der Waals surface area (Å²) in [6.45, 7) is 5.75. The molecule has 2 aromatic heterocycles. The minimum Gasteiger partial charge on any atom is -0.340 e. The Morgan fingerprint density at radius 3 is 1.80 bits per heavy atom. The van der Waals surface area contributed by atoms with E-state index >= 15 is 0 Å². The molecular weight excluding hydrogens is 495 g/mol. The maximum atomic E-state index is 4.81. The second-order valence-corrected chi connectivity index (χ2v) is 11.0. The molecule has 5 aromatic rings. The van der Waals surface area contributed by atoms with Gasteiger partial charge in [-0.25, -0.2) is 0 Å². The zero-order valence-corrected chi connectivity index (χ0v) is 22.2. The lowest BCUT2D eigenvalue weighted by molar-refractivity contribution is 0.431. The fourth-order valence-electron chi connectivity index (χ4n) is 4.84. The molecule has 2 atom stereocenters. The monoisotopic (exact) mass is 522 g/mol. The topological polar surface area (TPSA) is 17.8 Å². The van der Waals surface area contributed by atoms with E-state index < -0.39 is 4.30 Å². The quantitative estimate of drug-likeness (QED) is 0.203. The lowest BCUT2D eigenvalue weighted by Crippen LogP contribution is -2.10. The molecule has 0 spiro atoms. The first-order valence-corrected chi connectivity index (χ1v) is 13.1. The Hall–Kier alpha value is -2.52. The van der Waals surface area contributed by atoms with Crippen LogP contribution in [0, 0.1) is 5.92 Å². The van der Waals surface area contributed by atoms with Crippen molar-refractivity contribution in [1.82, 2.24) is 9.55 Å². The van der Waals surface area contributed by atoms with E-state index in [1.807, 2.05) is 18.3 Å². The van der Waals surface area contributed by atoms with Crippen molar-refractivity contribution in [3.8, 4) is 11.3 Å². The van der Waals surface area contributed by atoms with E-state index in [4.69, 9.17) is 34.8 Å². The van der Waals surface area contributed by atoms with Gasteiger partial charge in [-0.05, 0) is 48.1 Å². The summed E-state index contributed by atoms with van der Waals surface area (Å²) in [5.41, 5.74) is 6.27. The van der Waals surface area contributed by atoms with E-state index in [2.05, 4.69) is 102 Å². The number of hydrogen-bond acceptors (Lipinski definition) is 1. The van der Waals surface area contributed by atoms with E-state index in [1.54, 1.807) is 0 Å². The van der Waals surface area contributed by atoms with Crippen molar-refractivity contribution in [3.05, 3.63) is 103 Å². The van der Waals surface area contributed by atoms with E-state index in [1.165, 1.54) is 32.9 Å². The molecule has 3 aromatic carbocycles. The van der Waals surface area contributed by atoms with Crippen molar-refractivity contribution < 1.29 is 0 Å². The van der Waals surface area contributed by atoms with Gasteiger partial charge in [0.1, 0.15) is 0 Å². The standard InChI is InChI=1S/C29H28N2.CHCl3/c1-21(19-22(2)23-14-16-24(17-15-23)27-11-7-8-18-30-27)20-31-28-12-5-3-9-25(28)26-10-4-6-13-29(26)31;2-1(3)4/h3-18,21-22H,19-20H2,1-2H3;1H. The summed E-state index contributed by atoms with van der Waals surface area (Å²) in [4.78, 5) is 4.46. The van der Waals surface area contributed by atoms with Gasteiger partial charge >= 0.3 is 0 Å². The average molecular weight is 524 g/mol. The van der Waals surface area contributed by atoms with Crippen LogP contribution in [0.15, 0.2) is 97.2 Å². The zero-order valence-electron chi connectivity index (χ0n) is 19.9. The summed E-state index contributed by atoms with van der Waals surface area (Å²) in [7, 11) is 0. The molecular formula is C30H29Cl3N2. The molecule has 2 unspecified atom stereocenters. The van der Waals surface area contributed by atoms with Gasteiger partial charge in [0.2, 0.25) is 0 Å². The zero-order chi connectivity index (χ0) is 24.8. The third-order valence-electron chi connectivity index (χ3n) is 6.37. The number of hydrogen-bond donors (Lipinski definition) is 0. The van der Waals surface area contributed by atoms with E-state index in [0.717, 1.165) is 18.7 Å². The third kappa shape index (κ3) is 6.38. The molecule has 0 saturated heterocycles. The van der Waals surface area contributed by atoms with Crippen molar-refractivity contribution in [2.24, 2.45) is 5.92 Å². The number of benzene rings is 3. The average Bonchev–Trinajstić information content (AvgIpc) is 3.18. The summed E-state index contributed by atoms with van der Waals surface area (Å²) < 4.78 is 1.76. The maximum absolute atomic E-state index is 4.81. The van der Waals surface area contributed by atoms with E-state index in [0.29, 0.717) is 11.8 Å². The van der Waals surface area contributed by atoms with Crippen molar-refractivity contribution >= 4 is 56.6 Å². The number of aromatic nitrogens is 2. The smallest absolute Gasteiger partial charge is 0.180 e. The molecule has 0 saturated carbocycles. The van der Waals surface area contributed by atoms with Crippen LogP contribution in [-0.4, -0.2) is 13.8 Å². The van der Waals surface area contributed by atoms with Gasteiger partial charge in [0.25, 0.3) is 0 Å². The fraction of sp³-hybridized carbons (Fsp3) is 0.233. The number of rotatable bonds is 6. The molecule has 35 heavy (non-hydrogen) atoms. The largest absolute Gasteiger partial charge is 0.340 e. The highest BCUT2D eigenvalue weighted by Gasteiger charge is 2.15. The number of nitrogens with zero attached hydrogens (tertiary/aromatic N) is 2. The molecule has 0 aliphatic carbocycles. The van der Waals surface area contributed by atoms with Crippen molar-refractivity contribution in [1.29, 1.82) is 0 Å². The van der Waals surface area contributed by atoms with Crippen LogP contribution in [-0.2, 0) is 6.54 Å². The predicted octanol–water partition coefficient (Wildman–Crippen LogP) is 9.67. The first-order chi connectivity index (χ1) is 16.9. The van der Waals surface area contributed by atoms with E-state index in [9.17, 15) is 0 Å². The summed E-state index contributed by atoms with van der Waals surface area (Å²) in [5, 5.41) is 2.70. The Balaban J connectivity index is 0.000000672. The SMILES string of the molecule is CC(CC(C)c1ccc(-c2ccccn2)cc1)Cn1c2ccccc2c2ccccc21.ClC(Cl)Cl. The van der Waals surface area contributed by atoms with Gasteiger partial charge < -0.3 is 4.57 Å². The van der Waals surface area contributed by atoms with Gasteiger partial charge in [-0.1, -0.05) is 115 Å². The van der Waals surface area contributed by atoms with Crippen LogP contribution in [0.25, 0.3) is 33.1 Å². The Labute approximate surface area is 222 Å². The van der Waals surface area contributed by atoms with Gasteiger partial charge in [-0.3, -0.25) is 4.98 Å². The second kappa shape index (κ2) is 11.9. The van der Waals surface area contributed by atoms with Crippen LogP contribution in [0.1, 0.15) is 31.7 Å². The molecule has 0 N–H and O–H groups in total. The van der Waals surface area contributed by atoms with Crippen LogP contribution in [0.2, 0.25) is 0 Å². The Morgan fingerprint density at radius 2 is 1.26 bits per heavy atom. The van der Waals surface area contributed by atoms with Crippen molar-refractivity contribution in [2.75, 3.05) is 0 Å². The molecule has 0 aliphatic rings. The summed E-state index contributed by atoms with van der Waals surface area (Å²) in [5.74, 6) is 1.09. The van der Waals surface area contributed by atoms with Gasteiger partial charge in [-0.2, -0.15) is 0 Å². The maximum Gasteiger partial charge on any atom is 0.180 e. The summed E-state index contributed by atoms with van der Waals surface area (Å²) in [6, 6.07) is 32.5. The second-order valence-electron chi connectivity index (χ2n) is 8.97. The lowest BCUT2D eigenvalue weighted by Gasteiger charge is -2.20. The summed E-state index contributed by atoms with van der Waals surface area (Å²) in [6.07, 6.45) is 3.01. The lowest BCUT2D eigenvalue weighted by atomic mass is 9.90. The van der Waals surface area contributed by atoms with Crippen LogP contribution >= 0.6 is 34.8 Å². The molecule has 0 bridgehead atoms. The van der Waals surface area contributed by atoms with Gasteiger partial charge in [0.15, 0.2) is 4.30 Å². The molecule has 5 rings (SSSR count). The Kier molecular flexibility index (Phi) is 8.73. The van der Waals surface area contributed by atoms with Gasteiger partial charge in [-0.15, -0.1) is 0 Å². The molecule has 0 radical (unpaired) electrons.